The lowest BCUT2D eigenvalue weighted by Crippen LogP contribution is -2.33. The summed E-state index contributed by atoms with van der Waals surface area (Å²) in [7, 11) is 1.68. The second kappa shape index (κ2) is 7.74. The van der Waals surface area contributed by atoms with Crippen LogP contribution in [0.25, 0.3) is 22.3 Å². The molecule has 0 saturated carbocycles. The summed E-state index contributed by atoms with van der Waals surface area (Å²) in [6, 6.07) is 14.1. The van der Waals surface area contributed by atoms with Crippen LogP contribution in [0.5, 0.6) is 5.75 Å². The number of benzene rings is 1. The van der Waals surface area contributed by atoms with Crippen LogP contribution < -0.4 is 9.64 Å². The number of hydrogen-bond donors (Lipinski definition) is 0. The molecule has 4 heterocycles. The summed E-state index contributed by atoms with van der Waals surface area (Å²) >= 11 is 0. The van der Waals surface area contributed by atoms with E-state index in [2.05, 4.69) is 38.2 Å². The van der Waals surface area contributed by atoms with Crippen LogP contribution in [0.4, 0.5) is 5.82 Å². The largest absolute Gasteiger partial charge is 0.494 e. The first kappa shape index (κ1) is 18.5. The average molecular weight is 401 g/mol. The van der Waals surface area contributed by atoms with Crippen LogP contribution >= 0.6 is 0 Å². The molecule has 1 aromatic carbocycles. The molecule has 3 aromatic heterocycles. The Labute approximate surface area is 174 Å². The van der Waals surface area contributed by atoms with Gasteiger partial charge in [0.25, 0.3) is 0 Å². The number of ether oxygens (including phenoxy) is 1. The van der Waals surface area contributed by atoms with Crippen molar-refractivity contribution in [2.75, 3.05) is 25.1 Å². The first-order valence-electron chi connectivity index (χ1n) is 10.2. The van der Waals surface area contributed by atoms with Gasteiger partial charge in [0.1, 0.15) is 17.1 Å². The van der Waals surface area contributed by atoms with Gasteiger partial charge in [0.05, 0.1) is 7.11 Å². The summed E-state index contributed by atoms with van der Waals surface area (Å²) in [5, 5.41) is 5.24. The lowest BCUT2D eigenvalue weighted by Gasteiger charge is -2.31. The van der Waals surface area contributed by atoms with Gasteiger partial charge in [-0.1, -0.05) is 17.3 Å². The zero-order chi connectivity index (χ0) is 20.5. The van der Waals surface area contributed by atoms with Crippen molar-refractivity contribution >= 4 is 16.7 Å². The highest BCUT2D eigenvalue weighted by atomic mass is 16.5. The molecule has 0 aliphatic carbocycles. The number of hydrogen-bond acceptors (Lipinski definition) is 7. The number of anilines is 1. The minimum absolute atomic E-state index is 0.260. The van der Waals surface area contributed by atoms with Gasteiger partial charge in [-0.05, 0) is 50.1 Å². The maximum absolute atomic E-state index is 5.58. The van der Waals surface area contributed by atoms with Crippen molar-refractivity contribution in [3.05, 3.63) is 60.2 Å². The quantitative estimate of drug-likeness (QED) is 0.502. The van der Waals surface area contributed by atoms with Crippen LogP contribution in [0, 0.1) is 6.92 Å². The fourth-order valence-corrected chi connectivity index (χ4v) is 3.92. The van der Waals surface area contributed by atoms with Gasteiger partial charge in [-0.25, -0.2) is 4.98 Å². The van der Waals surface area contributed by atoms with Crippen LogP contribution in [-0.2, 0) is 0 Å². The van der Waals surface area contributed by atoms with Crippen molar-refractivity contribution < 1.29 is 9.26 Å². The van der Waals surface area contributed by atoms with E-state index in [1.54, 1.807) is 13.3 Å². The van der Waals surface area contributed by atoms with Crippen LogP contribution in [-0.4, -0.2) is 40.3 Å². The Morgan fingerprint density at radius 1 is 1.03 bits per heavy atom. The minimum atomic E-state index is 0.260. The van der Waals surface area contributed by atoms with Crippen molar-refractivity contribution in [1.29, 1.82) is 0 Å². The summed E-state index contributed by atoms with van der Waals surface area (Å²) in [5.41, 5.74) is 2.74. The molecule has 7 nitrogen and oxygen atoms in total. The molecule has 1 fully saturated rings. The third kappa shape index (κ3) is 3.47. The fourth-order valence-electron chi connectivity index (χ4n) is 3.92. The topological polar surface area (TPSA) is 77.2 Å². The lowest BCUT2D eigenvalue weighted by atomic mass is 9.96. The van der Waals surface area contributed by atoms with E-state index >= 15 is 0 Å². The van der Waals surface area contributed by atoms with E-state index in [4.69, 9.17) is 14.2 Å². The molecule has 0 radical (unpaired) electrons. The van der Waals surface area contributed by atoms with Crippen molar-refractivity contribution in [2.45, 2.75) is 25.7 Å². The zero-order valence-electron chi connectivity index (χ0n) is 17.1. The normalized spacial score (nSPS) is 14.9. The van der Waals surface area contributed by atoms with Crippen molar-refractivity contribution in [3.63, 3.8) is 0 Å². The molecular formula is C23H23N5O2. The van der Waals surface area contributed by atoms with E-state index in [-0.39, 0.29) is 5.92 Å². The third-order valence-corrected chi connectivity index (χ3v) is 5.67. The Kier molecular flexibility index (Phi) is 4.78. The molecule has 7 heteroatoms. The summed E-state index contributed by atoms with van der Waals surface area (Å²) < 4.78 is 11.1. The van der Waals surface area contributed by atoms with Gasteiger partial charge in [0.15, 0.2) is 0 Å². The fraction of sp³-hybridized carbons (Fsp3) is 0.304. The van der Waals surface area contributed by atoms with E-state index in [0.29, 0.717) is 11.7 Å². The van der Waals surface area contributed by atoms with Gasteiger partial charge in [0.2, 0.25) is 11.7 Å². The predicted molar refractivity (Wildman–Crippen MR) is 115 cm³/mol. The van der Waals surface area contributed by atoms with Gasteiger partial charge in [-0.15, -0.1) is 0 Å². The van der Waals surface area contributed by atoms with Crippen LogP contribution in [0.3, 0.4) is 0 Å². The zero-order valence-corrected chi connectivity index (χ0v) is 17.1. The lowest BCUT2D eigenvalue weighted by molar-refractivity contribution is 0.329. The SMILES string of the molecule is COc1cccc2ccc(N3CCC(c4nc(-c5ccc(C)nc5)no4)CC3)nc12. The first-order valence-corrected chi connectivity index (χ1v) is 10.2. The smallest absolute Gasteiger partial charge is 0.230 e. The second-order valence-electron chi connectivity index (χ2n) is 7.61. The third-order valence-electron chi connectivity index (χ3n) is 5.67. The monoisotopic (exact) mass is 401 g/mol. The van der Waals surface area contributed by atoms with Crippen LogP contribution in [0.2, 0.25) is 0 Å². The molecule has 0 bridgehead atoms. The molecule has 4 aromatic rings. The molecule has 30 heavy (non-hydrogen) atoms. The molecular weight excluding hydrogens is 378 g/mol. The maximum atomic E-state index is 5.58. The molecule has 0 spiro atoms. The molecule has 0 amide bonds. The number of pyridine rings is 2. The number of nitrogens with zero attached hydrogens (tertiary/aromatic N) is 5. The van der Waals surface area contributed by atoms with Gasteiger partial charge in [-0.3, -0.25) is 4.98 Å². The first-order chi connectivity index (χ1) is 14.7. The van der Waals surface area contributed by atoms with Gasteiger partial charge < -0.3 is 14.2 Å². The van der Waals surface area contributed by atoms with E-state index < -0.39 is 0 Å². The summed E-state index contributed by atoms with van der Waals surface area (Å²) in [6.45, 7) is 3.74. The molecule has 0 unspecified atom stereocenters. The molecule has 0 atom stereocenters. The summed E-state index contributed by atoms with van der Waals surface area (Å²) in [6.07, 6.45) is 3.67. The van der Waals surface area contributed by atoms with Crippen molar-refractivity contribution in [1.82, 2.24) is 20.1 Å². The Hall–Kier alpha value is -3.48. The Balaban J connectivity index is 1.30. The number of fused-ring (bicyclic) bond motifs is 1. The average Bonchev–Trinajstić information content (AvgIpc) is 3.29. The highest BCUT2D eigenvalue weighted by Gasteiger charge is 2.26. The molecule has 5 rings (SSSR count). The van der Waals surface area contributed by atoms with Gasteiger partial charge in [-0.2, -0.15) is 4.98 Å². The van der Waals surface area contributed by atoms with Crippen molar-refractivity contribution in [2.24, 2.45) is 0 Å². The standard InChI is InChI=1S/C23H23N5O2/c1-15-6-7-18(14-24-15)22-26-23(30-27-22)17-10-12-28(13-11-17)20-9-8-16-4-3-5-19(29-2)21(16)25-20/h3-9,14,17H,10-13H2,1-2H3. The highest BCUT2D eigenvalue weighted by molar-refractivity contribution is 5.86. The van der Waals surface area contributed by atoms with Crippen molar-refractivity contribution in [3.8, 4) is 17.1 Å². The maximum Gasteiger partial charge on any atom is 0.230 e. The molecule has 0 N–H and O–H groups in total. The molecule has 152 valence electrons. The number of aromatic nitrogens is 4. The van der Waals surface area contributed by atoms with E-state index in [9.17, 15) is 0 Å². The number of piperidine rings is 1. The highest BCUT2D eigenvalue weighted by Crippen LogP contribution is 2.32. The number of aryl methyl sites for hydroxylation is 1. The summed E-state index contributed by atoms with van der Waals surface area (Å²) in [5.74, 6) is 3.34. The molecule has 1 aliphatic rings. The predicted octanol–water partition coefficient (Wildman–Crippen LogP) is 4.38. The van der Waals surface area contributed by atoms with Crippen LogP contribution in [0.15, 0.2) is 53.2 Å². The second-order valence-corrected chi connectivity index (χ2v) is 7.61. The Morgan fingerprint density at radius 3 is 2.67 bits per heavy atom. The minimum Gasteiger partial charge on any atom is -0.494 e. The Morgan fingerprint density at radius 2 is 1.90 bits per heavy atom. The number of para-hydroxylation sites is 1. The van der Waals surface area contributed by atoms with Gasteiger partial charge in [0, 0.05) is 41.8 Å². The molecule has 1 aliphatic heterocycles. The summed E-state index contributed by atoms with van der Waals surface area (Å²) in [4.78, 5) is 16.1. The number of rotatable bonds is 4. The van der Waals surface area contributed by atoms with E-state index in [1.165, 1.54) is 0 Å². The van der Waals surface area contributed by atoms with Crippen LogP contribution in [0.1, 0.15) is 30.3 Å². The van der Waals surface area contributed by atoms with E-state index in [0.717, 1.165) is 59.7 Å². The Bertz CT molecular complexity index is 1160. The molecule has 1 saturated heterocycles. The van der Waals surface area contributed by atoms with Gasteiger partial charge >= 0.3 is 0 Å². The number of methoxy groups -OCH3 is 1. The van der Waals surface area contributed by atoms with E-state index in [1.807, 2.05) is 31.2 Å².